The van der Waals surface area contributed by atoms with Crippen molar-refractivity contribution in [3.63, 3.8) is 0 Å². The molecular formula is C16H30N2. The van der Waals surface area contributed by atoms with E-state index in [2.05, 4.69) is 43.1 Å². The summed E-state index contributed by atoms with van der Waals surface area (Å²) < 4.78 is 0. The van der Waals surface area contributed by atoms with Crippen LogP contribution in [-0.2, 0) is 0 Å². The van der Waals surface area contributed by atoms with Crippen molar-refractivity contribution in [2.45, 2.75) is 64.5 Å². The molecule has 1 saturated heterocycles. The highest BCUT2D eigenvalue weighted by molar-refractivity contribution is 4.99. The molecule has 0 aromatic heterocycles. The molecule has 0 saturated carbocycles. The predicted molar refractivity (Wildman–Crippen MR) is 78.8 cm³/mol. The maximum Gasteiger partial charge on any atom is 0.0278 e. The Hall–Kier alpha value is -0.340. The molecule has 1 N–H and O–H groups in total. The fourth-order valence-electron chi connectivity index (χ4n) is 3.04. The quantitative estimate of drug-likeness (QED) is 0.774. The minimum absolute atomic E-state index is 0.267. The van der Waals surface area contributed by atoms with Crippen LogP contribution < -0.4 is 5.32 Å². The van der Waals surface area contributed by atoms with E-state index in [1.807, 2.05) is 0 Å². The Kier molecular flexibility index (Phi) is 4.85. The van der Waals surface area contributed by atoms with Gasteiger partial charge in [-0.15, -0.1) is 0 Å². The van der Waals surface area contributed by atoms with E-state index in [9.17, 15) is 0 Å². The first-order chi connectivity index (χ1) is 8.54. The second kappa shape index (κ2) is 6.21. The van der Waals surface area contributed by atoms with E-state index in [0.717, 1.165) is 12.0 Å². The van der Waals surface area contributed by atoms with Crippen LogP contribution in [-0.4, -0.2) is 36.1 Å². The standard InChI is InChI=1S/C16H30N2/c1-16(2,3)17-13-14-9-11-18(12-10-14)15-7-5-4-6-8-15/h5,7,14-15,17H,4,6,8-13H2,1-3H3. The molecule has 1 aliphatic carbocycles. The minimum Gasteiger partial charge on any atom is -0.312 e. The maximum atomic E-state index is 3.65. The molecule has 1 atom stereocenters. The first-order valence-corrected chi connectivity index (χ1v) is 7.70. The highest BCUT2D eigenvalue weighted by atomic mass is 15.2. The third-order valence-corrected chi connectivity index (χ3v) is 4.27. The molecule has 0 aromatic carbocycles. The van der Waals surface area contributed by atoms with E-state index in [1.54, 1.807) is 0 Å². The summed E-state index contributed by atoms with van der Waals surface area (Å²) >= 11 is 0. The minimum atomic E-state index is 0.267. The van der Waals surface area contributed by atoms with Gasteiger partial charge in [0.1, 0.15) is 0 Å². The van der Waals surface area contributed by atoms with Crippen molar-refractivity contribution in [2.75, 3.05) is 19.6 Å². The lowest BCUT2D eigenvalue weighted by Crippen LogP contribution is -2.45. The second-order valence-corrected chi connectivity index (χ2v) is 7.04. The molecule has 1 heterocycles. The van der Waals surface area contributed by atoms with Crippen LogP contribution in [0.2, 0.25) is 0 Å². The van der Waals surface area contributed by atoms with Crippen molar-refractivity contribution >= 4 is 0 Å². The average molecular weight is 250 g/mol. The molecule has 0 bridgehead atoms. The zero-order valence-corrected chi connectivity index (χ0v) is 12.4. The first kappa shape index (κ1) is 14.1. The van der Waals surface area contributed by atoms with E-state index in [1.165, 1.54) is 51.7 Å². The lowest BCUT2D eigenvalue weighted by atomic mass is 9.92. The lowest BCUT2D eigenvalue weighted by Gasteiger charge is -2.38. The number of likely N-dealkylation sites (tertiary alicyclic amines) is 1. The Morgan fingerprint density at radius 2 is 1.89 bits per heavy atom. The largest absolute Gasteiger partial charge is 0.312 e. The lowest BCUT2D eigenvalue weighted by molar-refractivity contribution is 0.141. The van der Waals surface area contributed by atoms with Gasteiger partial charge in [0.05, 0.1) is 0 Å². The number of hydrogen-bond donors (Lipinski definition) is 1. The number of allylic oxidation sites excluding steroid dienone is 1. The van der Waals surface area contributed by atoms with Crippen LogP contribution in [0.25, 0.3) is 0 Å². The number of piperidine rings is 1. The summed E-state index contributed by atoms with van der Waals surface area (Å²) in [6, 6.07) is 0.746. The fraction of sp³-hybridized carbons (Fsp3) is 0.875. The Labute approximate surface area is 113 Å². The number of hydrogen-bond acceptors (Lipinski definition) is 2. The smallest absolute Gasteiger partial charge is 0.0278 e. The second-order valence-electron chi connectivity index (χ2n) is 7.04. The third kappa shape index (κ3) is 4.40. The summed E-state index contributed by atoms with van der Waals surface area (Å²) in [6.07, 6.45) is 11.6. The molecule has 104 valence electrons. The van der Waals surface area contributed by atoms with Crippen LogP contribution in [0.4, 0.5) is 0 Å². The van der Waals surface area contributed by atoms with Crippen molar-refractivity contribution in [3.05, 3.63) is 12.2 Å². The molecule has 1 fully saturated rings. The summed E-state index contributed by atoms with van der Waals surface area (Å²) in [4.78, 5) is 2.70. The summed E-state index contributed by atoms with van der Waals surface area (Å²) in [5.74, 6) is 0.882. The number of nitrogens with zero attached hydrogens (tertiary/aromatic N) is 1. The molecule has 2 nitrogen and oxygen atoms in total. The van der Waals surface area contributed by atoms with Crippen molar-refractivity contribution in [1.82, 2.24) is 10.2 Å². The molecule has 0 radical (unpaired) electrons. The van der Waals surface area contributed by atoms with E-state index >= 15 is 0 Å². The Morgan fingerprint density at radius 3 is 2.44 bits per heavy atom. The summed E-state index contributed by atoms with van der Waals surface area (Å²) in [5, 5.41) is 3.65. The molecule has 0 amide bonds. The molecule has 2 heteroatoms. The zero-order chi connectivity index (χ0) is 13.0. The predicted octanol–water partition coefficient (Wildman–Crippen LogP) is 3.20. The van der Waals surface area contributed by atoms with Gasteiger partial charge in [0, 0.05) is 11.6 Å². The summed E-state index contributed by atoms with van der Waals surface area (Å²) in [6.45, 7) is 10.6. The number of nitrogens with one attached hydrogen (secondary N) is 1. The normalized spacial score (nSPS) is 27.6. The van der Waals surface area contributed by atoms with Gasteiger partial charge in [-0.2, -0.15) is 0 Å². The Morgan fingerprint density at radius 1 is 1.17 bits per heavy atom. The highest BCUT2D eigenvalue weighted by Crippen LogP contribution is 2.23. The van der Waals surface area contributed by atoms with Crippen molar-refractivity contribution in [2.24, 2.45) is 5.92 Å². The zero-order valence-electron chi connectivity index (χ0n) is 12.4. The van der Waals surface area contributed by atoms with Gasteiger partial charge in [0.2, 0.25) is 0 Å². The van der Waals surface area contributed by atoms with Gasteiger partial charge in [-0.3, -0.25) is 4.90 Å². The van der Waals surface area contributed by atoms with Crippen molar-refractivity contribution in [1.29, 1.82) is 0 Å². The average Bonchev–Trinajstić information content (AvgIpc) is 2.37. The first-order valence-electron chi connectivity index (χ1n) is 7.70. The summed E-state index contributed by atoms with van der Waals surface area (Å²) in [5.41, 5.74) is 0.267. The Bertz CT molecular complexity index is 269. The van der Waals surface area contributed by atoms with Gasteiger partial charge in [-0.25, -0.2) is 0 Å². The molecule has 2 aliphatic rings. The van der Waals surface area contributed by atoms with Gasteiger partial charge < -0.3 is 5.32 Å². The Balaban J connectivity index is 1.71. The SMILES string of the molecule is CC(C)(C)NCC1CCN(C2C=CCCC2)CC1. The van der Waals surface area contributed by atoms with Gasteiger partial charge in [0.25, 0.3) is 0 Å². The van der Waals surface area contributed by atoms with Crippen LogP contribution in [0.15, 0.2) is 12.2 Å². The molecule has 1 aliphatic heterocycles. The van der Waals surface area contributed by atoms with Gasteiger partial charge >= 0.3 is 0 Å². The molecule has 1 unspecified atom stereocenters. The van der Waals surface area contributed by atoms with Gasteiger partial charge in [-0.05, 0) is 78.4 Å². The van der Waals surface area contributed by atoms with Crippen LogP contribution >= 0.6 is 0 Å². The van der Waals surface area contributed by atoms with Crippen molar-refractivity contribution in [3.8, 4) is 0 Å². The van der Waals surface area contributed by atoms with Crippen LogP contribution in [0.5, 0.6) is 0 Å². The molecule has 18 heavy (non-hydrogen) atoms. The van der Waals surface area contributed by atoms with Crippen molar-refractivity contribution < 1.29 is 0 Å². The maximum absolute atomic E-state index is 3.65. The highest BCUT2D eigenvalue weighted by Gasteiger charge is 2.24. The number of rotatable bonds is 3. The van der Waals surface area contributed by atoms with Crippen LogP contribution in [0.3, 0.4) is 0 Å². The molecule has 0 aromatic rings. The monoisotopic (exact) mass is 250 g/mol. The van der Waals surface area contributed by atoms with E-state index in [-0.39, 0.29) is 5.54 Å². The fourth-order valence-corrected chi connectivity index (χ4v) is 3.04. The van der Waals surface area contributed by atoms with E-state index in [4.69, 9.17) is 0 Å². The van der Waals surface area contributed by atoms with Gasteiger partial charge in [0.15, 0.2) is 0 Å². The van der Waals surface area contributed by atoms with E-state index < -0.39 is 0 Å². The molecular weight excluding hydrogens is 220 g/mol. The van der Waals surface area contributed by atoms with Crippen LogP contribution in [0, 0.1) is 5.92 Å². The topological polar surface area (TPSA) is 15.3 Å². The molecule has 0 spiro atoms. The van der Waals surface area contributed by atoms with E-state index in [0.29, 0.717) is 0 Å². The summed E-state index contributed by atoms with van der Waals surface area (Å²) in [7, 11) is 0. The van der Waals surface area contributed by atoms with Crippen LogP contribution in [0.1, 0.15) is 52.9 Å². The molecule has 2 rings (SSSR count). The third-order valence-electron chi connectivity index (χ3n) is 4.27. The van der Waals surface area contributed by atoms with Gasteiger partial charge in [-0.1, -0.05) is 12.2 Å².